The highest BCUT2D eigenvalue weighted by molar-refractivity contribution is 5.99. The highest BCUT2D eigenvalue weighted by atomic mass is 16.6. The van der Waals surface area contributed by atoms with Crippen LogP contribution in [0.1, 0.15) is 55.2 Å². The summed E-state index contributed by atoms with van der Waals surface area (Å²) in [6, 6.07) is 27.1. The van der Waals surface area contributed by atoms with E-state index in [9.17, 15) is 19.7 Å². The Labute approximate surface area is 269 Å². The van der Waals surface area contributed by atoms with Gasteiger partial charge in [-0.2, -0.15) is 0 Å². The number of allylic oxidation sites excluding steroid dienone is 1. The highest BCUT2D eigenvalue weighted by Gasteiger charge is 2.39. The summed E-state index contributed by atoms with van der Waals surface area (Å²) in [5, 5.41) is 14.5. The molecule has 5 rings (SSSR count). The van der Waals surface area contributed by atoms with Gasteiger partial charge in [0.1, 0.15) is 12.4 Å². The van der Waals surface area contributed by atoms with Gasteiger partial charge in [0, 0.05) is 30.3 Å². The van der Waals surface area contributed by atoms with E-state index in [4.69, 9.17) is 15.2 Å². The zero-order valence-corrected chi connectivity index (χ0v) is 26.2. The molecule has 10 nitrogen and oxygen atoms in total. The zero-order valence-electron chi connectivity index (χ0n) is 26.2. The minimum Gasteiger partial charge on any atom is -0.463 e. The van der Waals surface area contributed by atoms with Crippen molar-refractivity contribution in [3.05, 3.63) is 134 Å². The summed E-state index contributed by atoms with van der Waals surface area (Å²) in [6.07, 6.45) is 2.02. The maximum Gasteiger partial charge on any atom is 0.338 e. The Morgan fingerprint density at radius 2 is 1.54 bits per heavy atom. The molecule has 0 saturated carbocycles. The van der Waals surface area contributed by atoms with Crippen molar-refractivity contribution in [2.24, 2.45) is 11.7 Å². The fourth-order valence-corrected chi connectivity index (χ4v) is 6.62. The first-order valence-corrected chi connectivity index (χ1v) is 15.7. The maximum atomic E-state index is 13.7. The molecule has 1 fully saturated rings. The first-order valence-electron chi connectivity index (χ1n) is 15.7. The van der Waals surface area contributed by atoms with E-state index in [-0.39, 0.29) is 35.9 Å². The summed E-state index contributed by atoms with van der Waals surface area (Å²) >= 11 is 0. The van der Waals surface area contributed by atoms with Gasteiger partial charge >= 0.3 is 11.9 Å². The van der Waals surface area contributed by atoms with Gasteiger partial charge in [-0.3, -0.25) is 15.0 Å². The number of non-ortho nitro benzene ring substituents is 1. The molecule has 3 aromatic carbocycles. The summed E-state index contributed by atoms with van der Waals surface area (Å²) < 4.78 is 11.0. The maximum absolute atomic E-state index is 13.7. The number of likely N-dealkylation sites (tertiary alicyclic amines) is 1. The highest BCUT2D eigenvalue weighted by Crippen LogP contribution is 2.40. The molecule has 46 heavy (non-hydrogen) atoms. The number of nitrogens with two attached hydrogens (primary N) is 1. The summed E-state index contributed by atoms with van der Waals surface area (Å²) in [7, 11) is 0. The molecular formula is C36H40N4O6. The number of nitrogens with one attached hydrogen (secondary N) is 1. The van der Waals surface area contributed by atoms with E-state index in [1.165, 1.54) is 29.3 Å². The molecule has 0 spiro atoms. The van der Waals surface area contributed by atoms with E-state index in [0.29, 0.717) is 29.6 Å². The van der Waals surface area contributed by atoms with Crippen molar-refractivity contribution in [3.63, 3.8) is 0 Å². The van der Waals surface area contributed by atoms with Gasteiger partial charge in [0.2, 0.25) is 0 Å². The molecule has 1 atom stereocenters. The van der Waals surface area contributed by atoms with Crippen LogP contribution in [0.4, 0.5) is 5.69 Å². The number of carbonyl (C=O) groups excluding carboxylic acids is 2. The number of nitrogens with zero attached hydrogens (tertiary/aromatic N) is 2. The van der Waals surface area contributed by atoms with E-state index in [2.05, 4.69) is 58.7 Å². The number of nitro benzene ring substituents is 1. The van der Waals surface area contributed by atoms with Crippen molar-refractivity contribution in [1.29, 1.82) is 0 Å². The molecule has 2 aliphatic heterocycles. The first-order chi connectivity index (χ1) is 22.3. The third-order valence-corrected chi connectivity index (χ3v) is 8.79. The number of carbonyl (C=O) groups is 2. The molecule has 2 aliphatic rings. The smallest absolute Gasteiger partial charge is 0.338 e. The van der Waals surface area contributed by atoms with Crippen LogP contribution in [0.2, 0.25) is 0 Å². The molecule has 2 heterocycles. The average molecular weight is 625 g/mol. The van der Waals surface area contributed by atoms with Crippen molar-refractivity contribution in [1.82, 2.24) is 10.2 Å². The molecule has 3 N–H and O–H groups in total. The summed E-state index contributed by atoms with van der Waals surface area (Å²) in [5.74, 6) is -1.52. The number of nitro groups is 1. The van der Waals surface area contributed by atoms with Crippen molar-refractivity contribution in [3.8, 4) is 0 Å². The van der Waals surface area contributed by atoms with Crippen LogP contribution in [0.15, 0.2) is 108 Å². The summed E-state index contributed by atoms with van der Waals surface area (Å²) in [5.41, 5.74) is 9.63. The van der Waals surface area contributed by atoms with E-state index < -0.39 is 22.8 Å². The van der Waals surface area contributed by atoms with Crippen LogP contribution >= 0.6 is 0 Å². The predicted molar refractivity (Wildman–Crippen MR) is 174 cm³/mol. The van der Waals surface area contributed by atoms with Crippen LogP contribution in [0.25, 0.3) is 0 Å². The predicted octanol–water partition coefficient (Wildman–Crippen LogP) is 5.38. The number of rotatable bonds is 11. The monoisotopic (exact) mass is 624 g/mol. The van der Waals surface area contributed by atoms with Crippen LogP contribution in [-0.4, -0.2) is 54.6 Å². The van der Waals surface area contributed by atoms with Crippen molar-refractivity contribution in [2.45, 2.75) is 38.5 Å². The van der Waals surface area contributed by atoms with Crippen LogP contribution in [0.3, 0.4) is 0 Å². The lowest BCUT2D eigenvalue weighted by Gasteiger charge is -2.36. The summed E-state index contributed by atoms with van der Waals surface area (Å²) in [4.78, 5) is 40.0. The van der Waals surface area contributed by atoms with Crippen LogP contribution in [-0.2, 0) is 19.1 Å². The van der Waals surface area contributed by atoms with Gasteiger partial charge in [0.15, 0.2) is 0 Å². The topological polar surface area (TPSA) is 137 Å². The molecular weight excluding hydrogens is 584 g/mol. The van der Waals surface area contributed by atoms with Gasteiger partial charge in [-0.05, 0) is 62.4 Å². The molecule has 1 saturated heterocycles. The molecule has 10 heteroatoms. The molecule has 1 unspecified atom stereocenters. The molecule has 0 aromatic heterocycles. The summed E-state index contributed by atoms with van der Waals surface area (Å²) in [6.45, 7) is 5.88. The van der Waals surface area contributed by atoms with Gasteiger partial charge in [-0.1, -0.05) is 72.8 Å². The quantitative estimate of drug-likeness (QED) is 0.164. The fourth-order valence-electron chi connectivity index (χ4n) is 6.62. The average Bonchev–Trinajstić information content (AvgIpc) is 3.06. The van der Waals surface area contributed by atoms with Crippen LogP contribution in [0, 0.1) is 16.0 Å². The molecule has 0 aliphatic carbocycles. The second-order valence-electron chi connectivity index (χ2n) is 11.6. The Balaban J connectivity index is 1.26. The lowest BCUT2D eigenvalue weighted by atomic mass is 9.76. The second-order valence-corrected chi connectivity index (χ2v) is 11.6. The Kier molecular flexibility index (Phi) is 10.5. The van der Waals surface area contributed by atoms with Crippen molar-refractivity contribution in [2.75, 3.05) is 32.8 Å². The number of ether oxygens (including phenoxy) is 2. The van der Waals surface area contributed by atoms with Crippen molar-refractivity contribution >= 4 is 17.6 Å². The van der Waals surface area contributed by atoms with Gasteiger partial charge in [0.25, 0.3) is 5.69 Å². The Morgan fingerprint density at radius 1 is 0.935 bits per heavy atom. The molecule has 0 amide bonds. The first kappa shape index (κ1) is 32.4. The van der Waals surface area contributed by atoms with Gasteiger partial charge < -0.3 is 20.5 Å². The molecule has 240 valence electrons. The molecule has 3 aromatic rings. The molecule has 0 radical (unpaired) electrons. The van der Waals surface area contributed by atoms with Crippen molar-refractivity contribution < 1.29 is 24.0 Å². The largest absolute Gasteiger partial charge is 0.463 e. The van der Waals surface area contributed by atoms with Gasteiger partial charge in [-0.25, -0.2) is 9.59 Å². The Bertz CT molecular complexity index is 1570. The van der Waals surface area contributed by atoms with E-state index >= 15 is 0 Å². The number of esters is 2. The van der Waals surface area contributed by atoms with Gasteiger partial charge in [0.05, 0.1) is 28.6 Å². The third kappa shape index (κ3) is 7.29. The SMILES string of the molecule is CCOC(=O)C1=C(N)NC(C)=C(C(=O)OCCN2CCC(C(c3ccccc3)c3ccccc3)CC2)C1c1cccc([N+](=O)[O-])c1. The van der Waals surface area contributed by atoms with Gasteiger partial charge in [-0.15, -0.1) is 0 Å². The minimum atomic E-state index is -1.00. The number of benzene rings is 3. The molecule has 0 bridgehead atoms. The number of piperidine rings is 1. The third-order valence-electron chi connectivity index (χ3n) is 8.79. The van der Waals surface area contributed by atoms with E-state index in [1.54, 1.807) is 19.9 Å². The fraction of sp³-hybridized carbons (Fsp3) is 0.333. The van der Waals surface area contributed by atoms with E-state index in [1.807, 2.05) is 12.1 Å². The normalized spacial score (nSPS) is 17.5. The lowest BCUT2D eigenvalue weighted by molar-refractivity contribution is -0.384. The van der Waals surface area contributed by atoms with E-state index in [0.717, 1.165) is 25.9 Å². The van der Waals surface area contributed by atoms with Crippen LogP contribution < -0.4 is 11.1 Å². The van der Waals surface area contributed by atoms with Crippen LogP contribution in [0.5, 0.6) is 0 Å². The number of hydrogen-bond acceptors (Lipinski definition) is 9. The number of hydrogen-bond donors (Lipinski definition) is 2. The number of dihydropyridines is 1. The standard InChI is InChI=1S/C36H40N4O6/c1-3-45-36(42)33-32(28-15-10-16-29(23-28)40(43)44)30(24(2)38-34(33)37)35(41)46-22-21-39-19-17-27(18-20-39)31(25-11-6-4-7-12-25)26-13-8-5-9-14-26/h4-16,23,27,31-32,38H,3,17-22,37H2,1-2H3. The lowest BCUT2D eigenvalue weighted by Crippen LogP contribution is -2.39. The second kappa shape index (κ2) is 14.9. The zero-order chi connectivity index (χ0) is 32.6. The Hall–Kier alpha value is -4.96. The minimum absolute atomic E-state index is 0.00774. The Morgan fingerprint density at radius 3 is 2.13 bits per heavy atom.